The van der Waals surface area contributed by atoms with Gasteiger partial charge < -0.3 is 4.90 Å². The molecule has 6 nitrogen and oxygen atoms in total. The van der Waals surface area contributed by atoms with E-state index in [1.807, 2.05) is 22.8 Å². The van der Waals surface area contributed by atoms with Crippen LogP contribution in [0.5, 0.6) is 0 Å². The van der Waals surface area contributed by atoms with Crippen molar-refractivity contribution >= 4 is 17.6 Å². The summed E-state index contributed by atoms with van der Waals surface area (Å²) in [5.41, 5.74) is 3.17. The van der Waals surface area contributed by atoms with Crippen molar-refractivity contribution in [2.45, 2.75) is 70.6 Å². The van der Waals surface area contributed by atoms with Crippen molar-refractivity contribution in [3.05, 3.63) is 53.0 Å². The Labute approximate surface area is 196 Å². The molecule has 2 fully saturated rings. The molecular formula is C27H34N4O2. The van der Waals surface area contributed by atoms with Crippen molar-refractivity contribution in [3.63, 3.8) is 0 Å². The lowest BCUT2D eigenvalue weighted by Crippen LogP contribution is -2.35. The first kappa shape index (κ1) is 22.1. The predicted octanol–water partition coefficient (Wildman–Crippen LogP) is 4.20. The summed E-state index contributed by atoms with van der Waals surface area (Å²) in [6, 6.07) is 10.4. The molecule has 2 amide bonds. The number of anilines is 1. The van der Waals surface area contributed by atoms with Gasteiger partial charge in [-0.1, -0.05) is 49.6 Å². The van der Waals surface area contributed by atoms with Gasteiger partial charge in [0.1, 0.15) is 11.6 Å². The number of amides is 2. The Bertz CT molecular complexity index is 1020. The quantitative estimate of drug-likeness (QED) is 0.667. The Morgan fingerprint density at radius 1 is 1.06 bits per heavy atom. The Balaban J connectivity index is 1.27. The molecule has 3 aliphatic rings. The highest BCUT2D eigenvalue weighted by atomic mass is 16.2. The first-order chi connectivity index (χ1) is 16.1. The molecule has 6 heteroatoms. The lowest BCUT2D eigenvalue weighted by molar-refractivity contribution is -0.135. The largest absolute Gasteiger partial charge is 0.342 e. The van der Waals surface area contributed by atoms with Crippen LogP contribution in [0, 0.1) is 12.8 Å². The highest BCUT2D eigenvalue weighted by molar-refractivity contribution is 6.00. The molecule has 1 saturated carbocycles. The zero-order chi connectivity index (χ0) is 22.8. The fraction of sp³-hybridized carbons (Fsp3) is 0.556. The molecule has 0 unspecified atom stereocenters. The Kier molecular flexibility index (Phi) is 6.43. The van der Waals surface area contributed by atoms with Crippen LogP contribution in [0.25, 0.3) is 0 Å². The molecule has 0 radical (unpaired) electrons. The molecule has 1 aromatic carbocycles. The van der Waals surface area contributed by atoms with E-state index in [-0.39, 0.29) is 17.7 Å². The van der Waals surface area contributed by atoms with Gasteiger partial charge >= 0.3 is 0 Å². The minimum absolute atomic E-state index is 0.119. The van der Waals surface area contributed by atoms with E-state index >= 15 is 0 Å². The number of aromatic nitrogens is 2. The predicted molar refractivity (Wildman–Crippen MR) is 128 cm³/mol. The Hall–Kier alpha value is -2.76. The van der Waals surface area contributed by atoms with Crippen molar-refractivity contribution in [2.24, 2.45) is 5.92 Å². The summed E-state index contributed by atoms with van der Waals surface area (Å²) in [7, 11) is 0. The number of nitrogens with zero attached hydrogens (tertiary/aromatic N) is 4. The molecule has 0 bridgehead atoms. The first-order valence-corrected chi connectivity index (χ1v) is 12.6. The van der Waals surface area contributed by atoms with Crippen LogP contribution in [-0.4, -0.2) is 46.3 Å². The highest BCUT2D eigenvalue weighted by Crippen LogP contribution is 2.34. The molecule has 174 valence electrons. The average molecular weight is 447 g/mol. The number of rotatable bonds is 6. The number of likely N-dealkylation sites (tertiary alicyclic amines) is 1. The molecule has 1 saturated heterocycles. The fourth-order valence-electron chi connectivity index (χ4n) is 5.68. The van der Waals surface area contributed by atoms with Crippen LogP contribution in [0.15, 0.2) is 30.3 Å². The number of hydrogen-bond acceptors (Lipinski definition) is 4. The number of carbonyl (C=O) groups excluding carboxylic acids is 2. The SMILES string of the molecule is Cc1nc([C@H]2CCN(C(=O)C3CCCCC3)C2)nc2c1CC(=O)N2CCCc1ccccc1. The third-order valence-electron chi connectivity index (χ3n) is 7.60. The topological polar surface area (TPSA) is 66.4 Å². The number of benzene rings is 1. The summed E-state index contributed by atoms with van der Waals surface area (Å²) in [5, 5.41) is 0. The van der Waals surface area contributed by atoms with Crippen LogP contribution in [-0.2, 0) is 22.4 Å². The molecule has 1 atom stereocenters. The van der Waals surface area contributed by atoms with Gasteiger partial charge in [-0.15, -0.1) is 0 Å². The van der Waals surface area contributed by atoms with E-state index in [0.29, 0.717) is 25.4 Å². The van der Waals surface area contributed by atoms with Crippen molar-refractivity contribution in [1.82, 2.24) is 14.9 Å². The highest BCUT2D eigenvalue weighted by Gasteiger charge is 2.36. The first-order valence-electron chi connectivity index (χ1n) is 12.6. The molecule has 0 N–H and O–H groups in total. The summed E-state index contributed by atoms with van der Waals surface area (Å²) in [6.07, 6.45) is 8.82. The maximum atomic E-state index is 13.0. The van der Waals surface area contributed by atoms with Gasteiger partial charge in [0.2, 0.25) is 11.8 Å². The summed E-state index contributed by atoms with van der Waals surface area (Å²) in [4.78, 5) is 39.4. The summed E-state index contributed by atoms with van der Waals surface area (Å²) in [6.45, 7) is 4.16. The van der Waals surface area contributed by atoms with Crippen molar-refractivity contribution in [2.75, 3.05) is 24.5 Å². The van der Waals surface area contributed by atoms with Gasteiger partial charge in [-0.2, -0.15) is 0 Å². The maximum absolute atomic E-state index is 13.0. The van der Waals surface area contributed by atoms with Gasteiger partial charge in [-0.25, -0.2) is 9.97 Å². The standard InChI is InChI=1S/C27H34N4O2/c1-19-23-17-24(32)31(15-8-11-20-9-4-2-5-10-20)26(23)29-25(28-19)22-14-16-30(18-22)27(33)21-12-6-3-7-13-21/h2,4-5,9-10,21-22H,3,6-8,11-18H2,1H3/t22-/m0/s1. The van der Waals surface area contributed by atoms with Gasteiger partial charge in [0.15, 0.2) is 0 Å². The zero-order valence-corrected chi connectivity index (χ0v) is 19.6. The van der Waals surface area contributed by atoms with Gasteiger partial charge in [0.25, 0.3) is 0 Å². The smallest absolute Gasteiger partial charge is 0.232 e. The van der Waals surface area contributed by atoms with Crippen LogP contribution < -0.4 is 4.90 Å². The van der Waals surface area contributed by atoms with Crippen LogP contribution in [0.3, 0.4) is 0 Å². The second-order valence-corrected chi connectivity index (χ2v) is 9.89. The van der Waals surface area contributed by atoms with E-state index in [1.165, 1.54) is 24.8 Å². The van der Waals surface area contributed by atoms with Gasteiger partial charge in [-0.3, -0.25) is 14.5 Å². The molecule has 3 heterocycles. The van der Waals surface area contributed by atoms with Crippen molar-refractivity contribution in [1.29, 1.82) is 0 Å². The lowest BCUT2D eigenvalue weighted by atomic mass is 9.88. The lowest BCUT2D eigenvalue weighted by Gasteiger charge is -2.26. The van der Waals surface area contributed by atoms with E-state index in [4.69, 9.17) is 9.97 Å². The molecule has 2 aliphatic heterocycles. The van der Waals surface area contributed by atoms with Gasteiger partial charge in [0.05, 0.1) is 6.42 Å². The molecule has 1 aliphatic carbocycles. The van der Waals surface area contributed by atoms with E-state index in [1.54, 1.807) is 0 Å². The van der Waals surface area contributed by atoms with E-state index in [9.17, 15) is 9.59 Å². The van der Waals surface area contributed by atoms with E-state index in [2.05, 4.69) is 24.3 Å². The minimum atomic E-state index is 0.119. The second-order valence-electron chi connectivity index (χ2n) is 9.89. The van der Waals surface area contributed by atoms with Crippen molar-refractivity contribution < 1.29 is 9.59 Å². The summed E-state index contributed by atoms with van der Waals surface area (Å²) in [5.74, 6) is 2.41. The summed E-state index contributed by atoms with van der Waals surface area (Å²) < 4.78 is 0. The average Bonchev–Trinajstić information content (AvgIpc) is 3.46. The van der Waals surface area contributed by atoms with E-state index in [0.717, 1.165) is 61.5 Å². The molecule has 0 spiro atoms. The molecule has 33 heavy (non-hydrogen) atoms. The Morgan fingerprint density at radius 3 is 2.64 bits per heavy atom. The summed E-state index contributed by atoms with van der Waals surface area (Å²) >= 11 is 0. The second kappa shape index (κ2) is 9.62. The molecule has 1 aromatic heterocycles. The van der Waals surface area contributed by atoms with E-state index < -0.39 is 0 Å². The molecule has 2 aromatic rings. The minimum Gasteiger partial charge on any atom is -0.342 e. The third kappa shape index (κ3) is 4.66. The Morgan fingerprint density at radius 2 is 1.85 bits per heavy atom. The van der Waals surface area contributed by atoms with Gasteiger partial charge in [-0.05, 0) is 44.6 Å². The number of hydrogen-bond donors (Lipinski definition) is 0. The maximum Gasteiger partial charge on any atom is 0.232 e. The molecular weight excluding hydrogens is 412 g/mol. The van der Waals surface area contributed by atoms with Crippen LogP contribution >= 0.6 is 0 Å². The monoisotopic (exact) mass is 446 g/mol. The zero-order valence-electron chi connectivity index (χ0n) is 19.6. The van der Waals surface area contributed by atoms with Crippen molar-refractivity contribution in [3.8, 4) is 0 Å². The fourth-order valence-corrected chi connectivity index (χ4v) is 5.68. The number of aryl methyl sites for hydroxylation is 2. The number of fused-ring (bicyclic) bond motifs is 1. The number of carbonyl (C=O) groups is 2. The van der Waals surface area contributed by atoms with Crippen LogP contribution in [0.4, 0.5) is 5.82 Å². The molecule has 5 rings (SSSR count). The normalized spacial score (nSPS) is 21.0. The third-order valence-corrected chi connectivity index (χ3v) is 7.60. The van der Waals surface area contributed by atoms with Gasteiger partial charge in [0, 0.05) is 42.7 Å². The van der Waals surface area contributed by atoms with Crippen LogP contribution in [0.2, 0.25) is 0 Å². The van der Waals surface area contributed by atoms with Crippen LogP contribution in [0.1, 0.15) is 73.5 Å².